The first-order valence-electron chi connectivity index (χ1n) is 8.37. The minimum Gasteiger partial charge on any atom is -0.493 e. The molecule has 1 aromatic heterocycles. The summed E-state index contributed by atoms with van der Waals surface area (Å²) >= 11 is 0. The number of carbonyl (C=O) groups excluding carboxylic acids is 2. The van der Waals surface area contributed by atoms with E-state index in [4.69, 9.17) is 9.47 Å². The van der Waals surface area contributed by atoms with Crippen molar-refractivity contribution in [2.45, 2.75) is 26.3 Å². The number of amides is 2. The van der Waals surface area contributed by atoms with Crippen LogP contribution in [0.2, 0.25) is 0 Å². The number of aromatic nitrogens is 1. The highest BCUT2D eigenvalue weighted by Gasteiger charge is 2.23. The summed E-state index contributed by atoms with van der Waals surface area (Å²) < 4.78 is 36.1. The van der Waals surface area contributed by atoms with Crippen molar-refractivity contribution in [2.24, 2.45) is 0 Å². The van der Waals surface area contributed by atoms with Crippen molar-refractivity contribution in [3.8, 4) is 11.5 Å². The zero-order valence-corrected chi connectivity index (χ0v) is 15.7. The Balaban J connectivity index is 2.02. The Morgan fingerprint density at radius 2 is 1.93 bits per heavy atom. The van der Waals surface area contributed by atoms with Crippen LogP contribution in [0, 0.1) is 0 Å². The molecule has 0 aliphatic heterocycles. The van der Waals surface area contributed by atoms with E-state index in [0.717, 1.165) is 6.92 Å². The fourth-order valence-electron chi connectivity index (χ4n) is 2.25. The number of carbonyl (C=O) groups is 2. The molecule has 28 heavy (non-hydrogen) atoms. The third-order valence-corrected chi connectivity index (χ3v) is 3.49. The van der Waals surface area contributed by atoms with Crippen molar-refractivity contribution < 1.29 is 27.8 Å². The molecule has 2 rings (SSSR count). The normalized spacial score (nSPS) is 10.9. The minimum absolute atomic E-state index is 0.178. The van der Waals surface area contributed by atoms with Gasteiger partial charge in [0.05, 0.1) is 7.11 Å². The van der Waals surface area contributed by atoms with Crippen LogP contribution in [0.15, 0.2) is 36.5 Å². The average molecular weight is 393 g/mol. The predicted molar refractivity (Wildman–Crippen MR) is 98.8 cm³/mol. The lowest BCUT2D eigenvalue weighted by Crippen LogP contribution is -2.23. The highest BCUT2D eigenvalue weighted by molar-refractivity contribution is 5.96. The highest BCUT2D eigenvalue weighted by atomic mass is 19.3. The molecule has 2 N–H and O–H groups in total. The molecule has 0 radical (unpaired) electrons. The fourth-order valence-corrected chi connectivity index (χ4v) is 2.25. The summed E-state index contributed by atoms with van der Waals surface area (Å²) in [5.74, 6) is -2.87. The molecule has 0 aliphatic rings. The molecule has 0 fully saturated rings. The number of ether oxygens (including phenoxy) is 2. The molecule has 7 nitrogen and oxygen atoms in total. The molecule has 0 spiro atoms. The van der Waals surface area contributed by atoms with Crippen LogP contribution in [0.3, 0.4) is 0 Å². The van der Waals surface area contributed by atoms with Crippen molar-refractivity contribution >= 4 is 17.6 Å². The van der Waals surface area contributed by atoms with Gasteiger partial charge in [0.2, 0.25) is 5.91 Å². The van der Waals surface area contributed by atoms with Gasteiger partial charge in [-0.15, -0.1) is 0 Å². The Morgan fingerprint density at radius 3 is 2.57 bits per heavy atom. The van der Waals surface area contributed by atoms with Crippen molar-refractivity contribution in [2.75, 3.05) is 19.0 Å². The van der Waals surface area contributed by atoms with Crippen LogP contribution in [0.5, 0.6) is 11.5 Å². The van der Waals surface area contributed by atoms with Gasteiger partial charge in [-0.05, 0) is 29.8 Å². The molecule has 9 heteroatoms. The second-order valence-electron chi connectivity index (χ2n) is 6.14. The maximum atomic E-state index is 13.0. The summed E-state index contributed by atoms with van der Waals surface area (Å²) in [4.78, 5) is 27.3. The van der Waals surface area contributed by atoms with E-state index in [1.165, 1.54) is 38.4 Å². The Hall–Kier alpha value is -3.23. The van der Waals surface area contributed by atoms with Gasteiger partial charge in [-0.25, -0.2) is 13.8 Å². The maximum absolute atomic E-state index is 13.0. The number of nitrogens with zero attached hydrogens (tertiary/aromatic N) is 1. The molecule has 0 saturated heterocycles. The summed E-state index contributed by atoms with van der Waals surface area (Å²) in [5, 5.41) is 5.23. The van der Waals surface area contributed by atoms with Gasteiger partial charge >= 0.3 is 0 Å². The third kappa shape index (κ3) is 6.49. The second-order valence-corrected chi connectivity index (χ2v) is 6.14. The van der Waals surface area contributed by atoms with E-state index in [1.807, 2.05) is 0 Å². The molecular formula is C19H21F2N3O4. The molecule has 0 aliphatic carbocycles. The fraction of sp³-hybridized carbons (Fsp3) is 0.316. The second kappa shape index (κ2) is 9.12. The van der Waals surface area contributed by atoms with Gasteiger partial charge in [-0.1, -0.05) is 6.07 Å². The lowest BCUT2D eigenvalue weighted by molar-refractivity contribution is -0.114. The molecular weight excluding hydrogens is 372 g/mol. The highest BCUT2D eigenvalue weighted by Crippen LogP contribution is 2.29. The van der Waals surface area contributed by atoms with Crippen LogP contribution in [0.25, 0.3) is 0 Å². The first-order valence-corrected chi connectivity index (χ1v) is 8.37. The quantitative estimate of drug-likeness (QED) is 0.720. The van der Waals surface area contributed by atoms with Gasteiger partial charge in [0.25, 0.3) is 11.8 Å². The van der Waals surface area contributed by atoms with Gasteiger partial charge in [-0.2, -0.15) is 0 Å². The monoisotopic (exact) mass is 393 g/mol. The zero-order chi connectivity index (χ0) is 20.7. The lowest BCUT2D eigenvalue weighted by Gasteiger charge is -2.15. The maximum Gasteiger partial charge on any atom is 0.278 e. The summed E-state index contributed by atoms with van der Waals surface area (Å²) in [6.45, 7) is 1.52. The number of nitrogens with one attached hydrogen (secondary N) is 2. The summed E-state index contributed by atoms with van der Waals surface area (Å²) in [6.07, 6.45) is 1.42. The average Bonchev–Trinajstić information content (AvgIpc) is 2.63. The zero-order valence-electron chi connectivity index (χ0n) is 15.7. The number of benzene rings is 1. The van der Waals surface area contributed by atoms with Gasteiger partial charge in [0.15, 0.2) is 18.1 Å². The topological polar surface area (TPSA) is 89.5 Å². The van der Waals surface area contributed by atoms with Gasteiger partial charge in [0.1, 0.15) is 5.82 Å². The number of halogens is 2. The van der Waals surface area contributed by atoms with Crippen LogP contribution < -0.4 is 20.1 Å². The Morgan fingerprint density at radius 1 is 1.18 bits per heavy atom. The molecule has 0 atom stereocenters. The number of rotatable bonds is 8. The van der Waals surface area contributed by atoms with Crippen molar-refractivity contribution in [3.63, 3.8) is 0 Å². The Kier molecular flexibility index (Phi) is 6.86. The van der Waals surface area contributed by atoms with E-state index in [1.54, 1.807) is 12.1 Å². The van der Waals surface area contributed by atoms with E-state index in [9.17, 15) is 18.4 Å². The van der Waals surface area contributed by atoms with Crippen molar-refractivity contribution in [1.82, 2.24) is 10.3 Å². The number of hydrogen-bond acceptors (Lipinski definition) is 5. The van der Waals surface area contributed by atoms with E-state index < -0.39 is 12.5 Å². The third-order valence-electron chi connectivity index (χ3n) is 3.49. The number of hydrogen-bond donors (Lipinski definition) is 2. The number of methoxy groups -OCH3 is 1. The number of pyridine rings is 1. The molecule has 2 aromatic rings. The predicted octanol–water partition coefficient (Wildman–Crippen LogP) is 3.01. The SMILES string of the molecule is COc1cc(CNC(=O)c2ccnc(NC(C)=O)c2)ccc1OCC(C)(F)F. The van der Waals surface area contributed by atoms with E-state index in [0.29, 0.717) is 11.1 Å². The first kappa shape index (κ1) is 21.1. The smallest absolute Gasteiger partial charge is 0.278 e. The minimum atomic E-state index is -2.96. The van der Waals surface area contributed by atoms with Crippen molar-refractivity contribution in [1.29, 1.82) is 0 Å². The van der Waals surface area contributed by atoms with E-state index >= 15 is 0 Å². The number of alkyl halides is 2. The van der Waals surface area contributed by atoms with Crippen LogP contribution in [-0.2, 0) is 11.3 Å². The summed E-state index contributed by atoms with van der Waals surface area (Å²) in [5.41, 5.74) is 1.02. The Labute approximate surface area is 161 Å². The van der Waals surface area contributed by atoms with Crippen LogP contribution in [0.4, 0.5) is 14.6 Å². The molecule has 1 heterocycles. The van der Waals surface area contributed by atoms with Crippen LogP contribution in [-0.4, -0.2) is 36.4 Å². The molecule has 0 bridgehead atoms. The number of anilines is 1. The standard InChI is InChI=1S/C19H21F2N3O4/c1-12(25)24-17-9-14(6-7-22-17)18(26)23-10-13-4-5-15(16(8-13)27-3)28-11-19(2,20)21/h4-9H,10-11H2,1-3H3,(H,23,26)(H,22,24,25). The van der Waals surface area contributed by atoms with Crippen LogP contribution in [0.1, 0.15) is 29.8 Å². The van der Waals surface area contributed by atoms with Crippen molar-refractivity contribution in [3.05, 3.63) is 47.7 Å². The molecule has 0 saturated carbocycles. The largest absolute Gasteiger partial charge is 0.493 e. The molecule has 0 unspecified atom stereocenters. The summed E-state index contributed by atoms with van der Waals surface area (Å²) in [6, 6.07) is 7.72. The molecule has 150 valence electrons. The van der Waals surface area contributed by atoms with Gasteiger partial charge in [-0.3, -0.25) is 9.59 Å². The van der Waals surface area contributed by atoms with E-state index in [-0.39, 0.29) is 35.7 Å². The molecule has 1 aromatic carbocycles. The molecule has 2 amide bonds. The van der Waals surface area contributed by atoms with Crippen LogP contribution >= 0.6 is 0 Å². The van der Waals surface area contributed by atoms with E-state index in [2.05, 4.69) is 15.6 Å². The van der Waals surface area contributed by atoms with Gasteiger partial charge in [0, 0.05) is 32.2 Å². The first-order chi connectivity index (χ1) is 13.2. The van der Waals surface area contributed by atoms with Gasteiger partial charge < -0.3 is 20.1 Å². The summed E-state index contributed by atoms with van der Waals surface area (Å²) in [7, 11) is 1.40. The Bertz CT molecular complexity index is 853. The lowest BCUT2D eigenvalue weighted by atomic mass is 10.2.